The fourth-order valence-electron chi connectivity index (χ4n) is 3.74. The summed E-state index contributed by atoms with van der Waals surface area (Å²) in [6.07, 6.45) is 0.292. The summed E-state index contributed by atoms with van der Waals surface area (Å²) in [7, 11) is 9.28. The third kappa shape index (κ3) is 2.96. The average Bonchev–Trinajstić information content (AvgIpc) is 3.07. The molecule has 7 nitrogen and oxygen atoms in total. The summed E-state index contributed by atoms with van der Waals surface area (Å²) in [5, 5.41) is 0. The number of ether oxygens (including phenoxy) is 6. The molecule has 2 aromatic carbocycles. The molecule has 3 rings (SSSR count). The number of methoxy groups -OCH3 is 6. The fraction of sp³-hybridized carbons (Fsp3) is 0.381. The summed E-state index contributed by atoms with van der Waals surface area (Å²) in [6, 6.07) is 5.41. The maximum atomic E-state index is 12.8. The van der Waals surface area contributed by atoms with E-state index in [9.17, 15) is 4.79 Å². The van der Waals surface area contributed by atoms with E-state index in [4.69, 9.17) is 28.4 Å². The van der Waals surface area contributed by atoms with Crippen molar-refractivity contribution in [3.63, 3.8) is 0 Å². The molecule has 0 N–H and O–H groups in total. The number of ketones is 1. The molecule has 0 saturated heterocycles. The van der Waals surface area contributed by atoms with Gasteiger partial charge in [-0.05, 0) is 23.8 Å². The topological polar surface area (TPSA) is 72.5 Å². The molecule has 28 heavy (non-hydrogen) atoms. The van der Waals surface area contributed by atoms with Crippen LogP contribution < -0.4 is 28.4 Å². The van der Waals surface area contributed by atoms with E-state index in [1.54, 1.807) is 34.5 Å². The van der Waals surface area contributed by atoms with Crippen LogP contribution in [0, 0.1) is 0 Å². The number of Topliss-reactive ketones (excluding diaryl/α,β-unsaturated/α-hetero) is 1. The first-order valence-electron chi connectivity index (χ1n) is 8.70. The molecule has 1 atom stereocenters. The van der Waals surface area contributed by atoms with E-state index < -0.39 is 0 Å². The molecule has 1 aliphatic rings. The summed E-state index contributed by atoms with van der Waals surface area (Å²) in [5.41, 5.74) is 2.18. The number of benzene rings is 2. The summed E-state index contributed by atoms with van der Waals surface area (Å²) >= 11 is 0. The first-order chi connectivity index (χ1) is 13.5. The smallest absolute Gasteiger partial charge is 0.203 e. The maximum absolute atomic E-state index is 12.8. The number of carbonyl (C=O) groups excluding carboxylic acids is 1. The lowest BCUT2D eigenvalue weighted by atomic mass is 9.91. The van der Waals surface area contributed by atoms with Crippen molar-refractivity contribution in [1.82, 2.24) is 0 Å². The van der Waals surface area contributed by atoms with Crippen molar-refractivity contribution in [3.8, 4) is 34.5 Å². The number of fused-ring (bicyclic) bond motifs is 1. The Kier molecular flexibility index (Phi) is 5.53. The quantitative estimate of drug-likeness (QED) is 0.719. The highest BCUT2D eigenvalue weighted by atomic mass is 16.5. The standard InChI is InChI=1S/C21H24O7/c1-23-15-7-11(8-16(24-2)19(15)26-4)12-9-14(22)13-10-17(25-3)20(27-5)21(28-6)18(12)13/h7-8,10,12H,9H2,1-6H3/t12-/m0/s1. The highest BCUT2D eigenvalue weighted by molar-refractivity contribution is 6.04. The number of rotatable bonds is 7. The van der Waals surface area contributed by atoms with Crippen molar-refractivity contribution in [1.29, 1.82) is 0 Å². The Morgan fingerprint density at radius 3 is 1.64 bits per heavy atom. The van der Waals surface area contributed by atoms with Crippen LogP contribution >= 0.6 is 0 Å². The van der Waals surface area contributed by atoms with Gasteiger partial charge in [-0.2, -0.15) is 0 Å². The zero-order valence-corrected chi connectivity index (χ0v) is 16.9. The molecule has 2 aromatic rings. The van der Waals surface area contributed by atoms with Crippen LogP contribution in [-0.4, -0.2) is 48.4 Å². The van der Waals surface area contributed by atoms with Gasteiger partial charge in [0.1, 0.15) is 0 Å². The van der Waals surface area contributed by atoms with Gasteiger partial charge in [-0.15, -0.1) is 0 Å². The van der Waals surface area contributed by atoms with Gasteiger partial charge in [-0.3, -0.25) is 4.79 Å². The fourth-order valence-corrected chi connectivity index (χ4v) is 3.74. The van der Waals surface area contributed by atoms with Gasteiger partial charge in [0.05, 0.1) is 42.7 Å². The molecule has 7 heteroatoms. The van der Waals surface area contributed by atoms with Gasteiger partial charge in [0.2, 0.25) is 11.5 Å². The van der Waals surface area contributed by atoms with Gasteiger partial charge in [0.25, 0.3) is 0 Å². The molecule has 0 heterocycles. The summed E-state index contributed by atoms with van der Waals surface area (Å²) in [5.74, 6) is 2.71. The van der Waals surface area contributed by atoms with E-state index in [0.29, 0.717) is 46.5 Å². The SMILES string of the molecule is COc1cc([C@@H]2CC(=O)c3cc(OC)c(OC)c(OC)c32)cc(OC)c1OC. The molecule has 0 amide bonds. The van der Waals surface area contributed by atoms with Crippen LogP contribution in [0.3, 0.4) is 0 Å². The maximum Gasteiger partial charge on any atom is 0.203 e. The molecular formula is C21H24O7. The lowest BCUT2D eigenvalue weighted by Crippen LogP contribution is -2.04. The Bertz CT molecular complexity index is 879. The Labute approximate surface area is 164 Å². The minimum absolute atomic E-state index is 0.00741. The molecule has 0 aromatic heterocycles. The van der Waals surface area contributed by atoms with Crippen LogP contribution in [0.25, 0.3) is 0 Å². The minimum atomic E-state index is -0.244. The van der Waals surface area contributed by atoms with E-state index in [-0.39, 0.29) is 11.7 Å². The van der Waals surface area contributed by atoms with Crippen LogP contribution in [0.15, 0.2) is 18.2 Å². The monoisotopic (exact) mass is 388 g/mol. The molecule has 0 aliphatic heterocycles. The summed E-state index contributed by atoms with van der Waals surface area (Å²) < 4.78 is 32.8. The van der Waals surface area contributed by atoms with Crippen LogP contribution in [-0.2, 0) is 0 Å². The van der Waals surface area contributed by atoms with Crippen molar-refractivity contribution in [2.24, 2.45) is 0 Å². The number of carbonyl (C=O) groups is 1. The molecule has 0 bridgehead atoms. The lowest BCUT2D eigenvalue weighted by molar-refractivity contribution is 0.0991. The van der Waals surface area contributed by atoms with Gasteiger partial charge < -0.3 is 28.4 Å². The van der Waals surface area contributed by atoms with Crippen molar-refractivity contribution in [3.05, 3.63) is 34.9 Å². The van der Waals surface area contributed by atoms with Gasteiger partial charge in [-0.1, -0.05) is 0 Å². The second-order valence-corrected chi connectivity index (χ2v) is 6.25. The molecule has 0 unspecified atom stereocenters. The molecule has 150 valence electrons. The Morgan fingerprint density at radius 2 is 1.18 bits per heavy atom. The van der Waals surface area contributed by atoms with Gasteiger partial charge >= 0.3 is 0 Å². The van der Waals surface area contributed by atoms with Gasteiger partial charge in [0.15, 0.2) is 28.8 Å². The summed E-state index contributed by atoms with van der Waals surface area (Å²) in [4.78, 5) is 12.8. The van der Waals surface area contributed by atoms with Crippen LogP contribution in [0.1, 0.15) is 33.8 Å². The van der Waals surface area contributed by atoms with Crippen LogP contribution in [0.2, 0.25) is 0 Å². The van der Waals surface area contributed by atoms with Crippen molar-refractivity contribution in [2.75, 3.05) is 42.7 Å². The lowest BCUT2D eigenvalue weighted by Gasteiger charge is -2.21. The first-order valence-corrected chi connectivity index (χ1v) is 8.70. The van der Waals surface area contributed by atoms with Crippen LogP contribution in [0.4, 0.5) is 0 Å². The highest BCUT2D eigenvalue weighted by Gasteiger charge is 2.37. The number of hydrogen-bond acceptors (Lipinski definition) is 7. The molecule has 0 saturated carbocycles. The highest BCUT2D eigenvalue weighted by Crippen LogP contribution is 2.52. The molecule has 1 aliphatic carbocycles. The zero-order chi connectivity index (χ0) is 20.4. The molecule has 0 fully saturated rings. The second-order valence-electron chi connectivity index (χ2n) is 6.25. The first kappa shape index (κ1) is 19.7. The van der Waals surface area contributed by atoms with E-state index in [2.05, 4.69) is 0 Å². The zero-order valence-electron chi connectivity index (χ0n) is 16.9. The van der Waals surface area contributed by atoms with Crippen molar-refractivity contribution in [2.45, 2.75) is 12.3 Å². The van der Waals surface area contributed by atoms with Gasteiger partial charge in [0, 0.05) is 23.5 Å². The summed E-state index contributed by atoms with van der Waals surface area (Å²) in [6.45, 7) is 0. The number of hydrogen-bond donors (Lipinski definition) is 0. The van der Waals surface area contributed by atoms with E-state index in [1.807, 2.05) is 12.1 Å². The Morgan fingerprint density at radius 1 is 0.679 bits per heavy atom. The Hall–Kier alpha value is -3.09. The molecule has 0 radical (unpaired) electrons. The predicted octanol–water partition coefficient (Wildman–Crippen LogP) is 3.46. The third-order valence-corrected chi connectivity index (χ3v) is 5.00. The van der Waals surface area contributed by atoms with Crippen molar-refractivity contribution >= 4 is 5.78 Å². The minimum Gasteiger partial charge on any atom is -0.493 e. The third-order valence-electron chi connectivity index (χ3n) is 5.00. The molecular weight excluding hydrogens is 364 g/mol. The Balaban J connectivity index is 2.25. The molecule has 0 spiro atoms. The van der Waals surface area contributed by atoms with E-state index in [1.165, 1.54) is 14.2 Å². The largest absolute Gasteiger partial charge is 0.493 e. The normalized spacial score (nSPS) is 15.1. The van der Waals surface area contributed by atoms with E-state index in [0.717, 1.165) is 11.1 Å². The van der Waals surface area contributed by atoms with E-state index >= 15 is 0 Å². The van der Waals surface area contributed by atoms with Crippen molar-refractivity contribution < 1.29 is 33.2 Å². The van der Waals surface area contributed by atoms with Gasteiger partial charge in [-0.25, -0.2) is 0 Å². The second kappa shape index (κ2) is 7.88. The average molecular weight is 388 g/mol. The van der Waals surface area contributed by atoms with Crippen LogP contribution in [0.5, 0.6) is 34.5 Å². The predicted molar refractivity (Wildman–Crippen MR) is 103 cm³/mol.